The minimum atomic E-state index is -0.411. The highest BCUT2D eigenvalue weighted by atomic mass is 35.5. The van der Waals surface area contributed by atoms with Crippen LogP contribution in [0.5, 0.6) is 5.75 Å². The van der Waals surface area contributed by atoms with Crippen LogP contribution in [0, 0.1) is 12.8 Å². The van der Waals surface area contributed by atoms with E-state index < -0.39 is 5.92 Å². The summed E-state index contributed by atoms with van der Waals surface area (Å²) in [5.74, 6) is 0.0829. The first-order chi connectivity index (χ1) is 12.5. The highest BCUT2D eigenvalue weighted by Crippen LogP contribution is 2.29. The number of carbonyl (C=O) groups excluding carboxylic acids is 2. The predicted octanol–water partition coefficient (Wildman–Crippen LogP) is 4.04. The lowest BCUT2D eigenvalue weighted by atomic mass is 10.1. The minimum absolute atomic E-state index is 0.0655. The Hall–Kier alpha value is -2.53. The van der Waals surface area contributed by atoms with Gasteiger partial charge in [-0.2, -0.15) is 0 Å². The summed E-state index contributed by atoms with van der Waals surface area (Å²) in [7, 11) is 0. The van der Waals surface area contributed by atoms with Crippen LogP contribution in [0.4, 0.5) is 11.4 Å². The predicted molar refractivity (Wildman–Crippen MR) is 103 cm³/mol. The van der Waals surface area contributed by atoms with Gasteiger partial charge >= 0.3 is 0 Å². The molecule has 1 fully saturated rings. The molecule has 0 radical (unpaired) electrons. The van der Waals surface area contributed by atoms with Gasteiger partial charge in [0.15, 0.2) is 0 Å². The smallest absolute Gasteiger partial charge is 0.229 e. The molecule has 3 rings (SSSR count). The minimum Gasteiger partial charge on any atom is -0.494 e. The van der Waals surface area contributed by atoms with Gasteiger partial charge in [0.1, 0.15) is 5.75 Å². The van der Waals surface area contributed by atoms with Crippen molar-refractivity contribution in [2.45, 2.75) is 20.3 Å². The molecule has 26 heavy (non-hydrogen) atoms. The Bertz CT molecular complexity index is 820. The SMILES string of the molecule is CCOc1ccc(N2C[C@H](C(=O)Nc3ccc(C)cc3Cl)CC2=O)cc1. The Morgan fingerprint density at radius 3 is 2.65 bits per heavy atom. The molecular formula is C20H21ClN2O3. The maximum absolute atomic E-state index is 12.5. The zero-order valence-electron chi connectivity index (χ0n) is 14.8. The van der Waals surface area contributed by atoms with Crippen molar-refractivity contribution >= 4 is 34.8 Å². The summed E-state index contributed by atoms with van der Waals surface area (Å²) >= 11 is 6.17. The summed E-state index contributed by atoms with van der Waals surface area (Å²) in [4.78, 5) is 26.5. The van der Waals surface area contributed by atoms with Crippen molar-refractivity contribution in [2.75, 3.05) is 23.4 Å². The van der Waals surface area contributed by atoms with Crippen LogP contribution in [0.3, 0.4) is 0 Å². The second kappa shape index (κ2) is 7.79. The molecule has 2 amide bonds. The van der Waals surface area contributed by atoms with E-state index in [1.807, 2.05) is 44.2 Å². The molecule has 2 aromatic carbocycles. The largest absolute Gasteiger partial charge is 0.494 e. The third-order valence-corrected chi connectivity index (χ3v) is 4.65. The lowest BCUT2D eigenvalue weighted by Gasteiger charge is -2.17. The summed E-state index contributed by atoms with van der Waals surface area (Å²) < 4.78 is 5.42. The summed E-state index contributed by atoms with van der Waals surface area (Å²) in [5, 5.41) is 3.32. The van der Waals surface area contributed by atoms with Gasteiger partial charge in [-0.1, -0.05) is 17.7 Å². The number of aryl methyl sites for hydroxylation is 1. The van der Waals surface area contributed by atoms with E-state index >= 15 is 0 Å². The molecule has 1 atom stereocenters. The zero-order valence-corrected chi connectivity index (χ0v) is 15.5. The fourth-order valence-corrected chi connectivity index (χ4v) is 3.26. The Balaban J connectivity index is 1.67. The first kappa shape index (κ1) is 18.3. The van der Waals surface area contributed by atoms with Gasteiger partial charge in [-0.25, -0.2) is 0 Å². The number of benzene rings is 2. The molecule has 0 bridgehead atoms. The van der Waals surface area contributed by atoms with E-state index in [2.05, 4.69) is 5.32 Å². The van der Waals surface area contributed by atoms with Crippen LogP contribution in [0.15, 0.2) is 42.5 Å². The number of anilines is 2. The van der Waals surface area contributed by atoms with Crippen LogP contribution in [-0.4, -0.2) is 25.0 Å². The Morgan fingerprint density at radius 2 is 2.00 bits per heavy atom. The number of amides is 2. The van der Waals surface area contributed by atoms with E-state index in [1.54, 1.807) is 17.0 Å². The van der Waals surface area contributed by atoms with E-state index in [1.165, 1.54) is 0 Å². The number of hydrogen-bond acceptors (Lipinski definition) is 3. The number of carbonyl (C=O) groups is 2. The van der Waals surface area contributed by atoms with Crippen LogP contribution in [0.2, 0.25) is 5.02 Å². The first-order valence-corrected chi connectivity index (χ1v) is 8.96. The third kappa shape index (κ3) is 3.99. The molecule has 0 aliphatic carbocycles. The average molecular weight is 373 g/mol. The van der Waals surface area contributed by atoms with Gasteiger partial charge in [0.25, 0.3) is 0 Å². The quantitative estimate of drug-likeness (QED) is 0.861. The Morgan fingerprint density at radius 1 is 1.27 bits per heavy atom. The van der Waals surface area contributed by atoms with Crippen molar-refractivity contribution in [1.82, 2.24) is 0 Å². The van der Waals surface area contributed by atoms with Crippen molar-refractivity contribution in [3.63, 3.8) is 0 Å². The summed E-state index contributed by atoms with van der Waals surface area (Å²) in [5.41, 5.74) is 2.35. The van der Waals surface area contributed by atoms with E-state index in [-0.39, 0.29) is 18.2 Å². The van der Waals surface area contributed by atoms with Gasteiger partial charge in [0, 0.05) is 18.7 Å². The number of nitrogens with zero attached hydrogens (tertiary/aromatic N) is 1. The van der Waals surface area contributed by atoms with E-state index in [9.17, 15) is 9.59 Å². The molecule has 136 valence electrons. The number of halogens is 1. The summed E-state index contributed by atoms with van der Waals surface area (Å²) in [6, 6.07) is 12.8. The second-order valence-electron chi connectivity index (χ2n) is 6.30. The molecule has 0 spiro atoms. The number of rotatable bonds is 5. The standard InChI is InChI=1S/C20H21ClN2O3/c1-3-26-16-7-5-15(6-8-16)23-12-14(11-19(23)24)20(25)22-18-9-4-13(2)10-17(18)21/h4-10,14H,3,11-12H2,1-2H3,(H,22,25)/t14-/m1/s1. The highest BCUT2D eigenvalue weighted by Gasteiger charge is 2.35. The molecule has 5 nitrogen and oxygen atoms in total. The van der Waals surface area contributed by atoms with Crippen LogP contribution >= 0.6 is 11.6 Å². The average Bonchev–Trinajstić information content (AvgIpc) is 3.00. The molecule has 0 unspecified atom stereocenters. The van der Waals surface area contributed by atoms with E-state index in [0.29, 0.717) is 23.9 Å². The molecule has 6 heteroatoms. The van der Waals surface area contributed by atoms with Gasteiger partial charge in [-0.15, -0.1) is 0 Å². The molecule has 1 aliphatic heterocycles. The van der Waals surface area contributed by atoms with Crippen LogP contribution in [0.25, 0.3) is 0 Å². The fourth-order valence-electron chi connectivity index (χ4n) is 2.98. The zero-order chi connectivity index (χ0) is 18.7. The van der Waals surface area contributed by atoms with Gasteiger partial charge in [0.05, 0.1) is 23.2 Å². The molecule has 1 heterocycles. The maximum Gasteiger partial charge on any atom is 0.229 e. The van der Waals surface area contributed by atoms with E-state index in [4.69, 9.17) is 16.3 Å². The molecule has 1 saturated heterocycles. The normalized spacial score (nSPS) is 16.7. The lowest BCUT2D eigenvalue weighted by Crippen LogP contribution is -2.28. The van der Waals surface area contributed by atoms with Crippen molar-refractivity contribution in [3.8, 4) is 5.75 Å². The van der Waals surface area contributed by atoms with Gasteiger partial charge in [0.2, 0.25) is 11.8 Å². The van der Waals surface area contributed by atoms with Crippen molar-refractivity contribution in [2.24, 2.45) is 5.92 Å². The van der Waals surface area contributed by atoms with Gasteiger partial charge in [-0.05, 0) is 55.8 Å². The third-order valence-electron chi connectivity index (χ3n) is 4.34. The number of ether oxygens (including phenoxy) is 1. The Kier molecular flexibility index (Phi) is 5.47. The molecule has 2 aromatic rings. The van der Waals surface area contributed by atoms with Crippen LogP contribution in [0.1, 0.15) is 18.9 Å². The Labute approximate surface area is 157 Å². The second-order valence-corrected chi connectivity index (χ2v) is 6.71. The van der Waals surface area contributed by atoms with E-state index in [0.717, 1.165) is 17.0 Å². The monoisotopic (exact) mass is 372 g/mol. The highest BCUT2D eigenvalue weighted by molar-refractivity contribution is 6.33. The van der Waals surface area contributed by atoms with Gasteiger partial charge < -0.3 is 15.0 Å². The first-order valence-electron chi connectivity index (χ1n) is 8.58. The molecule has 0 aromatic heterocycles. The fraction of sp³-hybridized carbons (Fsp3) is 0.300. The number of nitrogens with one attached hydrogen (secondary N) is 1. The molecule has 0 saturated carbocycles. The molecule has 1 N–H and O–H groups in total. The summed E-state index contributed by atoms with van der Waals surface area (Å²) in [6.45, 7) is 4.79. The topological polar surface area (TPSA) is 58.6 Å². The van der Waals surface area contributed by atoms with Crippen molar-refractivity contribution in [1.29, 1.82) is 0 Å². The van der Waals surface area contributed by atoms with Crippen molar-refractivity contribution in [3.05, 3.63) is 53.1 Å². The molecule has 1 aliphatic rings. The molecular weight excluding hydrogens is 352 g/mol. The van der Waals surface area contributed by atoms with Crippen LogP contribution < -0.4 is 15.0 Å². The van der Waals surface area contributed by atoms with Gasteiger partial charge in [-0.3, -0.25) is 9.59 Å². The number of hydrogen-bond donors (Lipinski definition) is 1. The summed E-state index contributed by atoms with van der Waals surface area (Å²) in [6.07, 6.45) is 0.183. The lowest BCUT2D eigenvalue weighted by molar-refractivity contribution is -0.122. The van der Waals surface area contributed by atoms with Crippen LogP contribution in [-0.2, 0) is 9.59 Å². The maximum atomic E-state index is 12.5. The van der Waals surface area contributed by atoms with Crippen molar-refractivity contribution < 1.29 is 14.3 Å².